The molecule has 0 saturated carbocycles. The Bertz CT molecular complexity index is 2930. The molecule has 0 radical (unpaired) electrons. The third-order valence-corrected chi connectivity index (χ3v) is 13.7. The van der Waals surface area contributed by atoms with E-state index < -0.39 is 0 Å². The summed E-state index contributed by atoms with van der Waals surface area (Å²) in [6, 6.07) is 42.8. The van der Waals surface area contributed by atoms with Crippen molar-refractivity contribution in [3.8, 4) is 17.3 Å². The number of pyridine rings is 1. The second kappa shape index (κ2) is 16.2. The van der Waals surface area contributed by atoms with E-state index in [1.165, 1.54) is 55.5 Å². The van der Waals surface area contributed by atoms with Gasteiger partial charge in [0.05, 0.1) is 17.7 Å². The highest BCUT2D eigenvalue weighted by Crippen LogP contribution is 2.45. The summed E-state index contributed by atoms with van der Waals surface area (Å²) < 4.78 is 9.46. The quantitative estimate of drug-likeness (QED) is 0.160. The van der Waals surface area contributed by atoms with Gasteiger partial charge in [0, 0.05) is 63.2 Å². The Morgan fingerprint density at radius 3 is 1.65 bits per heavy atom. The lowest BCUT2D eigenvalue weighted by atomic mass is 9.78. The molecule has 2 aromatic heterocycles. The number of anilines is 2. The van der Waals surface area contributed by atoms with E-state index in [-0.39, 0.29) is 32.5 Å². The molecule has 0 spiro atoms. The van der Waals surface area contributed by atoms with Crippen LogP contribution in [0.25, 0.3) is 27.6 Å². The van der Waals surface area contributed by atoms with Gasteiger partial charge in [-0.05, 0) is 116 Å². The molecule has 0 unspecified atom stereocenters. The SMILES string of the molecule is CC(C)(C)C1=CN(c2cc(C(C)(C)C)cc(C(C)(C)C)c2)CN1c1cc(Oc2ccc3c4cc(C(C)(C)C)ccc4n(-c4cc(C(C)(C)C)ccn4)c3c2)cc(C(C)(C)c2ccccc2)c1. The zero-order valence-corrected chi connectivity index (χ0v) is 43.0. The van der Waals surface area contributed by atoms with Crippen molar-refractivity contribution in [3.63, 3.8) is 0 Å². The molecule has 1 aliphatic heterocycles. The van der Waals surface area contributed by atoms with Crippen LogP contribution in [0.3, 0.4) is 0 Å². The van der Waals surface area contributed by atoms with Crippen molar-refractivity contribution in [1.82, 2.24) is 9.55 Å². The summed E-state index contributed by atoms with van der Waals surface area (Å²) in [7, 11) is 0. The van der Waals surface area contributed by atoms with E-state index in [4.69, 9.17) is 9.72 Å². The van der Waals surface area contributed by atoms with Crippen molar-refractivity contribution >= 4 is 33.2 Å². The number of fused-ring (bicyclic) bond motifs is 3. The second-order valence-electron chi connectivity index (χ2n) is 24.5. The molecule has 3 heterocycles. The first-order valence-electron chi connectivity index (χ1n) is 24.0. The number of allylic oxidation sites excluding steroid dienone is 1. The van der Waals surface area contributed by atoms with E-state index in [9.17, 15) is 0 Å². The van der Waals surface area contributed by atoms with Gasteiger partial charge in [0.25, 0.3) is 0 Å². The van der Waals surface area contributed by atoms with Crippen LogP contribution in [-0.2, 0) is 27.1 Å². The molecule has 8 rings (SSSR count). The average Bonchev–Trinajstić information content (AvgIpc) is 3.83. The predicted octanol–water partition coefficient (Wildman–Crippen LogP) is 16.7. The van der Waals surface area contributed by atoms with Crippen molar-refractivity contribution < 1.29 is 4.74 Å². The minimum atomic E-state index is -0.312. The molecule has 5 aromatic carbocycles. The lowest BCUT2D eigenvalue weighted by Crippen LogP contribution is -2.31. The second-order valence-corrected chi connectivity index (χ2v) is 24.5. The summed E-state index contributed by atoms with van der Waals surface area (Å²) in [6.45, 7) is 39.8. The Hall–Kier alpha value is -5.81. The maximum Gasteiger partial charge on any atom is 0.137 e. The first-order chi connectivity index (χ1) is 30.6. The lowest BCUT2D eigenvalue weighted by Gasteiger charge is -2.33. The van der Waals surface area contributed by atoms with Crippen molar-refractivity contribution in [2.75, 3.05) is 16.5 Å². The topological polar surface area (TPSA) is 33.5 Å². The van der Waals surface area contributed by atoms with Gasteiger partial charge in [-0.1, -0.05) is 160 Å². The molecule has 0 amide bonds. The van der Waals surface area contributed by atoms with Crippen LogP contribution in [0.2, 0.25) is 0 Å². The number of rotatable bonds is 7. The maximum absolute atomic E-state index is 7.15. The summed E-state index contributed by atoms with van der Waals surface area (Å²) in [4.78, 5) is 9.94. The monoisotopic (exact) mass is 879 g/mol. The van der Waals surface area contributed by atoms with Crippen molar-refractivity contribution in [2.45, 2.75) is 145 Å². The van der Waals surface area contributed by atoms with Crippen LogP contribution < -0.4 is 14.5 Å². The maximum atomic E-state index is 7.15. The van der Waals surface area contributed by atoms with Crippen LogP contribution in [-0.4, -0.2) is 16.2 Å². The number of benzene rings is 5. The van der Waals surface area contributed by atoms with E-state index >= 15 is 0 Å². The van der Waals surface area contributed by atoms with Crippen LogP contribution in [0.1, 0.15) is 151 Å². The summed E-state index contributed by atoms with van der Waals surface area (Å²) in [5.41, 5.74) is 13.0. The van der Waals surface area contributed by atoms with Gasteiger partial charge in [-0.15, -0.1) is 0 Å². The first-order valence-corrected chi connectivity index (χ1v) is 24.0. The third-order valence-electron chi connectivity index (χ3n) is 13.7. The van der Waals surface area contributed by atoms with Gasteiger partial charge in [0.2, 0.25) is 0 Å². The van der Waals surface area contributed by atoms with Gasteiger partial charge in [0.15, 0.2) is 0 Å². The zero-order valence-electron chi connectivity index (χ0n) is 43.0. The smallest absolute Gasteiger partial charge is 0.137 e. The van der Waals surface area contributed by atoms with Gasteiger partial charge in [0.1, 0.15) is 17.3 Å². The molecule has 5 heteroatoms. The van der Waals surface area contributed by atoms with Crippen LogP contribution in [0.5, 0.6) is 11.5 Å². The van der Waals surface area contributed by atoms with E-state index in [2.05, 4.69) is 254 Å². The molecule has 5 nitrogen and oxygen atoms in total. The van der Waals surface area contributed by atoms with Gasteiger partial charge in [-0.2, -0.15) is 0 Å². The minimum absolute atomic E-state index is 0.00651. The molecule has 344 valence electrons. The zero-order chi connectivity index (χ0) is 47.9. The minimum Gasteiger partial charge on any atom is -0.457 e. The van der Waals surface area contributed by atoms with Gasteiger partial charge >= 0.3 is 0 Å². The summed E-state index contributed by atoms with van der Waals surface area (Å²) in [5, 5.41) is 2.39. The Morgan fingerprint density at radius 1 is 0.439 bits per heavy atom. The molecule has 0 fully saturated rings. The summed E-state index contributed by atoms with van der Waals surface area (Å²) in [5.74, 6) is 2.48. The molecule has 0 N–H and O–H groups in total. The number of aromatic nitrogens is 2. The fraction of sp³-hybridized carbons (Fsp3) is 0.393. The Balaban J connectivity index is 1.28. The highest BCUT2D eigenvalue weighted by molar-refractivity contribution is 6.09. The van der Waals surface area contributed by atoms with E-state index in [1.807, 2.05) is 6.20 Å². The molecular weight excluding hydrogens is 805 g/mol. The van der Waals surface area contributed by atoms with E-state index in [0.717, 1.165) is 34.0 Å². The Kier molecular flexibility index (Phi) is 11.5. The molecule has 0 atom stereocenters. The highest BCUT2D eigenvalue weighted by Gasteiger charge is 2.34. The molecule has 0 aliphatic carbocycles. The van der Waals surface area contributed by atoms with E-state index in [0.29, 0.717) is 6.67 Å². The molecule has 0 saturated heterocycles. The lowest BCUT2D eigenvalue weighted by molar-refractivity contribution is 0.478. The summed E-state index contributed by atoms with van der Waals surface area (Å²) >= 11 is 0. The third kappa shape index (κ3) is 9.15. The molecule has 66 heavy (non-hydrogen) atoms. The molecular formula is C61H74N4O. The average molecular weight is 879 g/mol. The molecule has 7 aromatic rings. The number of nitrogens with zero attached hydrogens (tertiary/aromatic N) is 4. The van der Waals surface area contributed by atoms with E-state index in [1.54, 1.807) is 0 Å². The van der Waals surface area contributed by atoms with Gasteiger partial charge in [-0.25, -0.2) is 4.98 Å². The number of hydrogen-bond donors (Lipinski definition) is 0. The largest absolute Gasteiger partial charge is 0.457 e. The summed E-state index contributed by atoms with van der Waals surface area (Å²) in [6.07, 6.45) is 4.33. The first kappa shape index (κ1) is 46.7. The van der Waals surface area contributed by atoms with Crippen LogP contribution in [0.4, 0.5) is 11.4 Å². The van der Waals surface area contributed by atoms with Crippen molar-refractivity contribution in [2.24, 2.45) is 5.41 Å². The molecule has 0 bridgehead atoms. The highest BCUT2D eigenvalue weighted by atomic mass is 16.5. The Labute approximate surface area is 396 Å². The number of hydrogen-bond acceptors (Lipinski definition) is 4. The fourth-order valence-electron chi connectivity index (χ4n) is 9.21. The van der Waals surface area contributed by atoms with Crippen LogP contribution in [0, 0.1) is 5.41 Å². The van der Waals surface area contributed by atoms with Crippen LogP contribution in [0.15, 0.2) is 133 Å². The fourth-order valence-corrected chi connectivity index (χ4v) is 9.21. The van der Waals surface area contributed by atoms with Crippen LogP contribution >= 0.6 is 0 Å². The Morgan fingerprint density at radius 2 is 1.05 bits per heavy atom. The predicted molar refractivity (Wildman–Crippen MR) is 282 cm³/mol. The standard InChI is InChI=1S/C61H74N4O/c1-56(2,3)41-23-26-52-51(34-41)50-25-24-48(37-53(50)65(52)55-35-42(27-28-62-55)57(4,5)6)66-49-33-45(61(16,17)40-21-19-18-20-22-40)32-47(36-49)64-39-63(38-54(64)60(13,14)15)46-30-43(58(7,8)9)29-44(31-46)59(10,11)12/h18-38H,39H2,1-17H3. The van der Waals surface area contributed by atoms with Crippen molar-refractivity contribution in [3.05, 3.63) is 167 Å². The van der Waals surface area contributed by atoms with Gasteiger partial charge in [-0.3, -0.25) is 4.57 Å². The van der Waals surface area contributed by atoms with Gasteiger partial charge < -0.3 is 14.5 Å². The molecule has 1 aliphatic rings. The van der Waals surface area contributed by atoms with Crippen molar-refractivity contribution in [1.29, 1.82) is 0 Å². The normalized spacial score (nSPS) is 14.4. The number of ether oxygens (including phenoxy) is 1.